The number of para-hydroxylation sites is 1. The summed E-state index contributed by atoms with van der Waals surface area (Å²) in [5, 5.41) is 3.37. The normalized spacial score (nSPS) is 13.3. The Morgan fingerprint density at radius 3 is 2.35 bits per heavy atom. The second-order valence-corrected chi connectivity index (χ2v) is 9.33. The van der Waals surface area contributed by atoms with Gasteiger partial charge in [0.1, 0.15) is 11.5 Å². The highest BCUT2D eigenvalue weighted by molar-refractivity contribution is 6.33. The lowest BCUT2D eigenvalue weighted by Gasteiger charge is -2.36. The number of amides is 2. The molecular weight excluding hydrogens is 490 g/mol. The van der Waals surface area contributed by atoms with Gasteiger partial charge in [0.15, 0.2) is 6.61 Å². The predicted molar refractivity (Wildman–Crippen MR) is 147 cm³/mol. The minimum Gasteiger partial charge on any atom is -0.494 e. The summed E-state index contributed by atoms with van der Waals surface area (Å²) in [6.45, 7) is 7.08. The molecule has 4 rings (SSSR count). The van der Waals surface area contributed by atoms with E-state index in [-0.39, 0.29) is 18.4 Å². The number of carbonyl (C=O) groups excluding carboxylic acids is 2. The molecule has 0 atom stereocenters. The molecule has 8 heteroatoms. The van der Waals surface area contributed by atoms with Crippen LogP contribution in [0.5, 0.6) is 11.5 Å². The first-order valence-electron chi connectivity index (χ1n) is 12.5. The summed E-state index contributed by atoms with van der Waals surface area (Å²) in [7, 11) is 0. The number of benzene rings is 3. The summed E-state index contributed by atoms with van der Waals surface area (Å²) >= 11 is 6.57. The van der Waals surface area contributed by atoms with Crippen molar-refractivity contribution in [3.05, 3.63) is 82.9 Å². The predicted octanol–water partition coefficient (Wildman–Crippen LogP) is 5.42. The second kappa shape index (κ2) is 12.5. The molecule has 1 aliphatic rings. The number of halogens is 1. The van der Waals surface area contributed by atoms with Crippen molar-refractivity contribution in [2.75, 3.05) is 49.6 Å². The lowest BCUT2D eigenvalue weighted by atomic mass is 10.1. The number of rotatable bonds is 9. The summed E-state index contributed by atoms with van der Waals surface area (Å²) < 4.78 is 11.2. The van der Waals surface area contributed by atoms with Crippen LogP contribution in [-0.4, -0.2) is 56.1 Å². The first-order chi connectivity index (χ1) is 17.9. The van der Waals surface area contributed by atoms with Gasteiger partial charge in [0.05, 0.1) is 17.3 Å². The van der Waals surface area contributed by atoms with Gasteiger partial charge in [-0.05, 0) is 67.4 Å². The van der Waals surface area contributed by atoms with Gasteiger partial charge < -0.3 is 24.6 Å². The lowest BCUT2D eigenvalue weighted by Crippen LogP contribution is -2.48. The molecule has 194 valence electrons. The molecule has 1 N–H and O–H groups in total. The van der Waals surface area contributed by atoms with Crippen LogP contribution in [0.1, 0.15) is 29.3 Å². The zero-order chi connectivity index (χ0) is 26.2. The minimum absolute atomic E-state index is 0.0127. The average molecular weight is 522 g/mol. The number of aryl methyl sites for hydroxylation is 1. The Balaban J connectivity index is 1.28. The molecule has 0 bridgehead atoms. The van der Waals surface area contributed by atoms with E-state index in [2.05, 4.69) is 17.1 Å². The third-order valence-corrected chi connectivity index (χ3v) is 6.47. The molecule has 7 nitrogen and oxygen atoms in total. The zero-order valence-corrected chi connectivity index (χ0v) is 22.0. The van der Waals surface area contributed by atoms with Crippen LogP contribution in [0, 0.1) is 6.92 Å². The van der Waals surface area contributed by atoms with Crippen molar-refractivity contribution < 1.29 is 19.1 Å². The number of anilines is 2. The van der Waals surface area contributed by atoms with Crippen molar-refractivity contribution in [1.29, 1.82) is 0 Å². The molecule has 0 spiro atoms. The monoisotopic (exact) mass is 521 g/mol. The smallest absolute Gasteiger partial charge is 0.262 e. The molecule has 37 heavy (non-hydrogen) atoms. The highest BCUT2D eigenvalue weighted by Gasteiger charge is 2.23. The Labute approximate surface area is 222 Å². The Hall–Kier alpha value is -3.71. The van der Waals surface area contributed by atoms with E-state index in [1.165, 1.54) is 0 Å². The van der Waals surface area contributed by atoms with Gasteiger partial charge in [-0.2, -0.15) is 0 Å². The third kappa shape index (κ3) is 6.95. The van der Waals surface area contributed by atoms with E-state index in [0.29, 0.717) is 54.8 Å². The van der Waals surface area contributed by atoms with Gasteiger partial charge in [0, 0.05) is 37.4 Å². The SMILES string of the molecule is CCCOc1ccc(C(=O)N2CCN(c3ccc(NC(=O)COc4ccccc4C)cc3Cl)CC2)cc1. The van der Waals surface area contributed by atoms with E-state index in [4.69, 9.17) is 21.1 Å². The van der Waals surface area contributed by atoms with Gasteiger partial charge in [-0.1, -0.05) is 36.7 Å². The number of hydrogen-bond donors (Lipinski definition) is 1. The largest absolute Gasteiger partial charge is 0.494 e. The molecule has 1 saturated heterocycles. The van der Waals surface area contributed by atoms with E-state index < -0.39 is 0 Å². The lowest BCUT2D eigenvalue weighted by molar-refractivity contribution is -0.118. The number of carbonyl (C=O) groups is 2. The van der Waals surface area contributed by atoms with Gasteiger partial charge in [-0.25, -0.2) is 0 Å². The summed E-state index contributed by atoms with van der Waals surface area (Å²) in [6, 6.07) is 20.3. The van der Waals surface area contributed by atoms with Crippen LogP contribution in [0.3, 0.4) is 0 Å². The summed E-state index contributed by atoms with van der Waals surface area (Å²) in [6.07, 6.45) is 0.940. The number of hydrogen-bond acceptors (Lipinski definition) is 5. The van der Waals surface area contributed by atoms with Crippen LogP contribution < -0.4 is 19.7 Å². The molecule has 3 aromatic carbocycles. The van der Waals surface area contributed by atoms with Crippen molar-refractivity contribution in [3.63, 3.8) is 0 Å². The van der Waals surface area contributed by atoms with Gasteiger partial charge in [0.25, 0.3) is 11.8 Å². The zero-order valence-electron chi connectivity index (χ0n) is 21.2. The number of nitrogens with one attached hydrogen (secondary N) is 1. The molecule has 1 aliphatic heterocycles. The van der Waals surface area contributed by atoms with Gasteiger partial charge in [0.2, 0.25) is 0 Å². The molecule has 0 saturated carbocycles. The van der Waals surface area contributed by atoms with E-state index in [0.717, 1.165) is 23.4 Å². The molecule has 0 unspecified atom stereocenters. The van der Waals surface area contributed by atoms with Crippen molar-refractivity contribution in [2.45, 2.75) is 20.3 Å². The van der Waals surface area contributed by atoms with Crippen molar-refractivity contribution >= 4 is 34.8 Å². The topological polar surface area (TPSA) is 71.1 Å². The molecule has 2 amide bonds. The highest BCUT2D eigenvalue weighted by Crippen LogP contribution is 2.30. The number of ether oxygens (including phenoxy) is 2. The maximum absolute atomic E-state index is 12.9. The Bertz CT molecular complexity index is 1220. The molecule has 1 heterocycles. The van der Waals surface area contributed by atoms with Crippen molar-refractivity contribution in [3.8, 4) is 11.5 Å². The fraction of sp³-hybridized carbons (Fsp3) is 0.310. The molecule has 0 aromatic heterocycles. The Morgan fingerprint density at radius 1 is 0.946 bits per heavy atom. The van der Waals surface area contributed by atoms with Crippen LogP contribution in [-0.2, 0) is 4.79 Å². The number of piperazine rings is 1. The molecule has 0 radical (unpaired) electrons. The van der Waals surface area contributed by atoms with Gasteiger partial charge in [-0.15, -0.1) is 0 Å². The molecule has 3 aromatic rings. The van der Waals surface area contributed by atoms with Crippen LogP contribution in [0.2, 0.25) is 5.02 Å². The van der Waals surface area contributed by atoms with Crippen LogP contribution in [0.15, 0.2) is 66.7 Å². The summed E-state index contributed by atoms with van der Waals surface area (Å²) in [5.74, 6) is 1.21. The fourth-order valence-corrected chi connectivity index (χ4v) is 4.45. The second-order valence-electron chi connectivity index (χ2n) is 8.92. The van der Waals surface area contributed by atoms with Crippen LogP contribution in [0.4, 0.5) is 11.4 Å². The maximum Gasteiger partial charge on any atom is 0.262 e. The van der Waals surface area contributed by atoms with Gasteiger partial charge in [-0.3, -0.25) is 9.59 Å². The summed E-state index contributed by atoms with van der Waals surface area (Å²) in [4.78, 5) is 29.3. The van der Waals surface area contributed by atoms with Crippen molar-refractivity contribution in [1.82, 2.24) is 4.90 Å². The first kappa shape index (κ1) is 26.4. The number of nitrogens with zero attached hydrogens (tertiary/aromatic N) is 2. The van der Waals surface area contributed by atoms with Gasteiger partial charge >= 0.3 is 0 Å². The molecular formula is C29H32ClN3O4. The fourth-order valence-electron chi connectivity index (χ4n) is 4.15. The minimum atomic E-state index is -0.260. The molecule has 0 aliphatic carbocycles. The van der Waals surface area contributed by atoms with Crippen molar-refractivity contribution in [2.24, 2.45) is 0 Å². The quantitative estimate of drug-likeness (QED) is 0.407. The van der Waals surface area contributed by atoms with E-state index >= 15 is 0 Å². The highest BCUT2D eigenvalue weighted by atomic mass is 35.5. The summed E-state index contributed by atoms with van der Waals surface area (Å²) in [5.41, 5.74) is 3.11. The standard InChI is InChI=1S/C29H32ClN3O4/c1-3-18-36-24-11-8-22(9-12-24)29(35)33-16-14-32(15-17-33)26-13-10-23(19-25(26)30)31-28(34)20-37-27-7-5-4-6-21(27)2/h4-13,19H,3,14-18,20H2,1-2H3,(H,31,34). The first-order valence-corrected chi connectivity index (χ1v) is 12.9. The van der Waals surface area contributed by atoms with E-state index in [1.54, 1.807) is 6.07 Å². The van der Waals surface area contributed by atoms with E-state index in [9.17, 15) is 9.59 Å². The van der Waals surface area contributed by atoms with E-state index in [1.807, 2.05) is 72.5 Å². The third-order valence-electron chi connectivity index (χ3n) is 6.17. The maximum atomic E-state index is 12.9. The average Bonchev–Trinajstić information content (AvgIpc) is 2.91. The Kier molecular flexibility index (Phi) is 8.90. The molecule has 1 fully saturated rings. The van der Waals surface area contributed by atoms with Crippen LogP contribution >= 0.6 is 11.6 Å². The van der Waals surface area contributed by atoms with Crippen LogP contribution in [0.25, 0.3) is 0 Å². The Morgan fingerprint density at radius 2 is 1.68 bits per heavy atom.